The molecule has 0 spiro atoms. The number of para-hydroxylation sites is 2. The average molecular weight is 420 g/mol. The summed E-state index contributed by atoms with van der Waals surface area (Å²) in [5, 5.41) is 0. The van der Waals surface area contributed by atoms with Gasteiger partial charge in [0.2, 0.25) is 5.89 Å². The van der Waals surface area contributed by atoms with E-state index in [9.17, 15) is 18.0 Å². The maximum Gasteiger partial charge on any atom is 0.331 e. The van der Waals surface area contributed by atoms with E-state index in [4.69, 9.17) is 9.15 Å². The summed E-state index contributed by atoms with van der Waals surface area (Å²) in [6, 6.07) is 6.69. The van der Waals surface area contributed by atoms with E-state index in [1.54, 1.807) is 17.0 Å². The van der Waals surface area contributed by atoms with E-state index in [0.29, 0.717) is 23.9 Å². The van der Waals surface area contributed by atoms with Gasteiger partial charge in [0, 0.05) is 24.2 Å². The van der Waals surface area contributed by atoms with Crippen LogP contribution in [0.3, 0.4) is 0 Å². The van der Waals surface area contributed by atoms with Gasteiger partial charge in [-0.1, -0.05) is 19.1 Å². The summed E-state index contributed by atoms with van der Waals surface area (Å²) < 4.78 is 34.1. The van der Waals surface area contributed by atoms with Gasteiger partial charge in [0.15, 0.2) is 22.0 Å². The molecule has 3 rings (SSSR count). The first kappa shape index (κ1) is 21.0. The van der Waals surface area contributed by atoms with Gasteiger partial charge in [0.1, 0.15) is 5.52 Å². The molecule has 0 unspecified atom stereocenters. The smallest absolute Gasteiger partial charge is 0.331 e. The van der Waals surface area contributed by atoms with E-state index in [0.717, 1.165) is 6.08 Å². The van der Waals surface area contributed by atoms with Gasteiger partial charge in [-0.2, -0.15) is 0 Å². The minimum absolute atomic E-state index is 0.0470. The average Bonchev–Trinajstić information content (AvgIpc) is 3.27. The number of benzene rings is 1. The first-order chi connectivity index (χ1) is 13.8. The summed E-state index contributed by atoms with van der Waals surface area (Å²) in [6.07, 6.45) is 3.60. The summed E-state index contributed by atoms with van der Waals surface area (Å²) in [6.45, 7) is 3.33. The lowest BCUT2D eigenvalue weighted by atomic mass is 10.1. The zero-order chi connectivity index (χ0) is 21.0. The molecule has 1 amide bonds. The zero-order valence-electron chi connectivity index (χ0n) is 16.4. The minimum atomic E-state index is -3.13. The number of sulfone groups is 1. The summed E-state index contributed by atoms with van der Waals surface area (Å²) >= 11 is 0. The van der Waals surface area contributed by atoms with Crippen LogP contribution in [-0.2, 0) is 24.2 Å². The Bertz CT molecular complexity index is 994. The molecule has 29 heavy (non-hydrogen) atoms. The van der Waals surface area contributed by atoms with Crippen molar-refractivity contribution in [2.24, 2.45) is 0 Å². The second-order valence-corrected chi connectivity index (χ2v) is 9.30. The van der Waals surface area contributed by atoms with Gasteiger partial charge in [0.25, 0.3) is 5.91 Å². The quantitative estimate of drug-likeness (QED) is 0.499. The number of rotatable bonds is 7. The summed E-state index contributed by atoms with van der Waals surface area (Å²) in [5.41, 5.74) is 1.28. The van der Waals surface area contributed by atoms with Crippen molar-refractivity contribution in [1.29, 1.82) is 0 Å². The largest absolute Gasteiger partial charge is 0.452 e. The Morgan fingerprint density at radius 1 is 1.38 bits per heavy atom. The highest BCUT2D eigenvalue weighted by molar-refractivity contribution is 7.91. The molecule has 2 heterocycles. The lowest BCUT2D eigenvalue weighted by Crippen LogP contribution is -2.48. The third kappa shape index (κ3) is 5.23. The number of amides is 1. The molecular formula is C20H24N2O6S. The standard InChI is InChI=1S/C20H24N2O6S/c1-3-14(2)22(15-10-11-29(25,26)13-15)19(23)12-27-20(24)9-8-18-21-16-6-4-5-7-17(16)28-18/h4-9,14-15H,3,10-13H2,1-2H3/b9-8+/t14-,15+/m0/s1. The lowest BCUT2D eigenvalue weighted by molar-refractivity contribution is -0.150. The van der Waals surface area contributed by atoms with Crippen molar-refractivity contribution in [3.05, 3.63) is 36.2 Å². The predicted octanol–water partition coefficient (Wildman–Crippen LogP) is 2.20. The molecule has 0 N–H and O–H groups in total. The van der Waals surface area contributed by atoms with Crippen molar-refractivity contribution < 1.29 is 27.2 Å². The van der Waals surface area contributed by atoms with Crippen molar-refractivity contribution in [3.8, 4) is 0 Å². The van der Waals surface area contributed by atoms with Crippen LogP contribution in [0.15, 0.2) is 34.8 Å². The maximum atomic E-state index is 12.6. The molecule has 1 aromatic carbocycles. The molecule has 8 nitrogen and oxygen atoms in total. The fourth-order valence-electron chi connectivity index (χ4n) is 3.36. The predicted molar refractivity (Wildman–Crippen MR) is 108 cm³/mol. The van der Waals surface area contributed by atoms with Gasteiger partial charge in [-0.15, -0.1) is 0 Å². The number of aromatic nitrogens is 1. The van der Waals surface area contributed by atoms with Gasteiger partial charge in [-0.3, -0.25) is 4.79 Å². The number of hydrogen-bond donors (Lipinski definition) is 0. The van der Waals surface area contributed by atoms with Crippen molar-refractivity contribution in [2.45, 2.75) is 38.8 Å². The molecule has 2 aromatic rings. The van der Waals surface area contributed by atoms with E-state index in [1.165, 1.54) is 6.08 Å². The van der Waals surface area contributed by atoms with E-state index in [-0.39, 0.29) is 29.5 Å². The summed E-state index contributed by atoms with van der Waals surface area (Å²) in [5.74, 6) is -0.819. The number of esters is 1. The Balaban J connectivity index is 1.59. The molecule has 1 aliphatic rings. The Morgan fingerprint density at radius 3 is 2.79 bits per heavy atom. The van der Waals surface area contributed by atoms with Crippen molar-refractivity contribution in [1.82, 2.24) is 9.88 Å². The van der Waals surface area contributed by atoms with Gasteiger partial charge in [-0.25, -0.2) is 18.2 Å². The molecule has 1 aromatic heterocycles. The Hall–Kier alpha value is -2.68. The second-order valence-electron chi connectivity index (χ2n) is 7.08. The van der Waals surface area contributed by atoms with Crippen molar-refractivity contribution in [3.63, 3.8) is 0 Å². The normalized spacial score (nSPS) is 19.4. The van der Waals surface area contributed by atoms with Crippen LogP contribution in [0, 0.1) is 0 Å². The van der Waals surface area contributed by atoms with Crippen LogP contribution in [0.5, 0.6) is 0 Å². The molecule has 1 saturated heterocycles. The van der Waals surface area contributed by atoms with E-state index < -0.39 is 28.3 Å². The number of carbonyl (C=O) groups excluding carboxylic acids is 2. The molecule has 1 fully saturated rings. The lowest BCUT2D eigenvalue weighted by Gasteiger charge is -2.33. The fraction of sp³-hybridized carbons (Fsp3) is 0.450. The van der Waals surface area contributed by atoms with E-state index in [1.807, 2.05) is 26.0 Å². The SMILES string of the molecule is CC[C@H](C)N(C(=O)COC(=O)/C=C/c1nc2ccccc2o1)[C@@H]1CCS(=O)(=O)C1. The fourth-order valence-corrected chi connectivity index (χ4v) is 5.07. The monoisotopic (exact) mass is 420 g/mol. The summed E-state index contributed by atoms with van der Waals surface area (Å²) in [4.78, 5) is 30.4. The topological polar surface area (TPSA) is 107 Å². The first-order valence-electron chi connectivity index (χ1n) is 9.51. The van der Waals surface area contributed by atoms with Gasteiger partial charge >= 0.3 is 5.97 Å². The van der Waals surface area contributed by atoms with Crippen LogP contribution in [0.25, 0.3) is 17.2 Å². The van der Waals surface area contributed by atoms with E-state index >= 15 is 0 Å². The number of ether oxygens (including phenoxy) is 1. The number of nitrogens with zero attached hydrogens (tertiary/aromatic N) is 2. The number of oxazole rings is 1. The first-order valence-corrected chi connectivity index (χ1v) is 11.3. The number of carbonyl (C=O) groups is 2. The molecule has 0 saturated carbocycles. The number of fused-ring (bicyclic) bond motifs is 1. The molecule has 156 valence electrons. The summed E-state index contributed by atoms with van der Waals surface area (Å²) in [7, 11) is -3.13. The molecule has 2 atom stereocenters. The van der Waals surface area contributed by atoms with Crippen LogP contribution < -0.4 is 0 Å². The highest BCUT2D eigenvalue weighted by Gasteiger charge is 2.36. The van der Waals surface area contributed by atoms with Crippen molar-refractivity contribution >= 4 is 38.9 Å². The Labute approximate surface area is 169 Å². The highest BCUT2D eigenvalue weighted by Crippen LogP contribution is 2.21. The number of hydrogen-bond acceptors (Lipinski definition) is 7. The zero-order valence-corrected chi connectivity index (χ0v) is 17.2. The van der Waals surface area contributed by atoms with Crippen molar-refractivity contribution in [2.75, 3.05) is 18.1 Å². The van der Waals surface area contributed by atoms with Crippen LogP contribution >= 0.6 is 0 Å². The molecule has 9 heteroatoms. The maximum absolute atomic E-state index is 12.6. The Kier molecular flexibility index (Phi) is 6.36. The van der Waals surface area contributed by atoms with E-state index in [2.05, 4.69) is 4.98 Å². The van der Waals surface area contributed by atoms with Crippen LogP contribution in [-0.4, -0.2) is 60.4 Å². The molecule has 0 aliphatic carbocycles. The van der Waals surface area contributed by atoms with Gasteiger partial charge < -0.3 is 14.1 Å². The van der Waals surface area contributed by atoms with Crippen LogP contribution in [0.2, 0.25) is 0 Å². The molecule has 1 aliphatic heterocycles. The Morgan fingerprint density at radius 2 is 2.14 bits per heavy atom. The van der Waals surface area contributed by atoms with Crippen LogP contribution in [0.4, 0.5) is 0 Å². The van der Waals surface area contributed by atoms with Gasteiger partial charge in [-0.05, 0) is 31.9 Å². The minimum Gasteiger partial charge on any atom is -0.452 e. The second kappa shape index (κ2) is 8.77. The molecule has 0 radical (unpaired) electrons. The molecule has 0 bridgehead atoms. The third-order valence-electron chi connectivity index (χ3n) is 4.97. The third-order valence-corrected chi connectivity index (χ3v) is 6.72. The molecular weight excluding hydrogens is 396 g/mol. The van der Waals surface area contributed by atoms with Gasteiger partial charge in [0.05, 0.1) is 11.5 Å². The highest BCUT2D eigenvalue weighted by atomic mass is 32.2. The van der Waals surface area contributed by atoms with Crippen LogP contribution in [0.1, 0.15) is 32.6 Å².